The molecule has 0 amide bonds. The predicted octanol–water partition coefficient (Wildman–Crippen LogP) is 4.29. The number of halogens is 3. The second kappa shape index (κ2) is 5.20. The van der Waals surface area contributed by atoms with Crippen molar-refractivity contribution in [2.24, 2.45) is 0 Å². The van der Waals surface area contributed by atoms with Gasteiger partial charge in [-0.25, -0.2) is 9.78 Å². The maximum absolute atomic E-state index is 12.7. The van der Waals surface area contributed by atoms with Gasteiger partial charge in [-0.1, -0.05) is 12.1 Å². The van der Waals surface area contributed by atoms with E-state index in [9.17, 15) is 23.1 Å². The van der Waals surface area contributed by atoms with E-state index < -0.39 is 17.7 Å². The average Bonchev–Trinajstić information content (AvgIpc) is 2.37. The number of nitrogens with zero attached hydrogens (tertiary/aromatic N) is 1. The van der Waals surface area contributed by atoms with Crippen LogP contribution in [0.4, 0.5) is 13.2 Å². The molecule has 1 aromatic heterocycles. The van der Waals surface area contributed by atoms with Gasteiger partial charge in [-0.3, -0.25) is 0 Å². The lowest BCUT2D eigenvalue weighted by molar-refractivity contribution is -0.137. The Morgan fingerprint density at radius 3 is 2.52 bits per heavy atom. The summed E-state index contributed by atoms with van der Waals surface area (Å²) < 4.78 is 38.2. The molecule has 1 aromatic carbocycles. The number of carboxylic acid groups (broad SMARTS) is 1. The number of hydrogen-bond acceptors (Lipinski definition) is 2. The van der Waals surface area contributed by atoms with E-state index >= 15 is 0 Å². The summed E-state index contributed by atoms with van der Waals surface area (Å²) in [5, 5.41) is 9.66. The van der Waals surface area contributed by atoms with Crippen LogP contribution in [0.2, 0.25) is 0 Å². The van der Waals surface area contributed by atoms with E-state index in [1.807, 2.05) is 0 Å². The van der Waals surface area contributed by atoms with E-state index in [0.29, 0.717) is 10.9 Å². The van der Waals surface area contributed by atoms with Crippen LogP contribution < -0.4 is 0 Å². The first-order valence-electron chi connectivity index (χ1n) is 6.13. The Labute approximate surface area is 118 Å². The van der Waals surface area contributed by atoms with E-state index in [4.69, 9.17) is 0 Å². The number of aromatic carboxylic acids is 1. The summed E-state index contributed by atoms with van der Waals surface area (Å²) in [7, 11) is 0. The Morgan fingerprint density at radius 1 is 1.33 bits per heavy atom. The molecule has 0 spiro atoms. The first kappa shape index (κ1) is 15.0. The number of allylic oxidation sites excluding steroid dienone is 1. The first-order chi connectivity index (χ1) is 9.75. The molecule has 2 aromatic rings. The van der Waals surface area contributed by atoms with Crippen LogP contribution in [0.5, 0.6) is 0 Å². The van der Waals surface area contributed by atoms with Crippen LogP contribution in [0, 0.1) is 6.92 Å². The summed E-state index contributed by atoms with van der Waals surface area (Å²) in [6.45, 7) is 3.24. The molecule has 2 rings (SSSR count). The molecule has 0 atom stereocenters. The van der Waals surface area contributed by atoms with Gasteiger partial charge in [-0.15, -0.1) is 0 Å². The highest BCUT2D eigenvalue weighted by atomic mass is 19.4. The van der Waals surface area contributed by atoms with E-state index in [1.165, 1.54) is 12.1 Å². The summed E-state index contributed by atoms with van der Waals surface area (Å²) in [6.07, 6.45) is -1.40. The van der Waals surface area contributed by atoms with Gasteiger partial charge in [0.2, 0.25) is 0 Å². The minimum Gasteiger partial charge on any atom is -0.478 e. The van der Waals surface area contributed by atoms with Gasteiger partial charge in [0, 0.05) is 5.39 Å². The van der Waals surface area contributed by atoms with Crippen LogP contribution in [-0.4, -0.2) is 16.1 Å². The van der Waals surface area contributed by atoms with Gasteiger partial charge in [0.1, 0.15) is 0 Å². The van der Waals surface area contributed by atoms with Crippen molar-refractivity contribution in [3.63, 3.8) is 0 Å². The lowest BCUT2D eigenvalue weighted by Crippen LogP contribution is -2.08. The van der Waals surface area contributed by atoms with Crippen molar-refractivity contribution in [1.82, 2.24) is 4.98 Å². The largest absolute Gasteiger partial charge is 0.478 e. The number of aryl methyl sites for hydroxylation is 1. The number of pyridine rings is 1. The second-order valence-electron chi connectivity index (χ2n) is 4.53. The molecule has 0 unspecified atom stereocenters. The molecule has 0 aliphatic rings. The SMILES string of the molecule is CC=Cc1nc2cc(C(F)(F)F)ccc2c(C)c1C(=O)O. The van der Waals surface area contributed by atoms with Crippen molar-refractivity contribution >= 4 is 22.9 Å². The molecule has 3 nitrogen and oxygen atoms in total. The van der Waals surface area contributed by atoms with Crippen molar-refractivity contribution in [3.05, 3.63) is 46.7 Å². The van der Waals surface area contributed by atoms with E-state index in [-0.39, 0.29) is 16.8 Å². The monoisotopic (exact) mass is 295 g/mol. The molecular formula is C15H12F3NO2. The molecule has 1 N–H and O–H groups in total. The van der Waals surface area contributed by atoms with Gasteiger partial charge < -0.3 is 5.11 Å². The van der Waals surface area contributed by atoms with E-state index in [2.05, 4.69) is 4.98 Å². The minimum absolute atomic E-state index is 0.000332. The maximum atomic E-state index is 12.7. The Kier molecular flexibility index (Phi) is 3.72. The smallest absolute Gasteiger partial charge is 0.416 e. The summed E-state index contributed by atoms with van der Waals surface area (Å²) >= 11 is 0. The number of carbonyl (C=O) groups is 1. The van der Waals surface area contributed by atoms with E-state index in [1.54, 1.807) is 19.9 Å². The Hall–Kier alpha value is -2.37. The number of fused-ring (bicyclic) bond motifs is 1. The molecule has 1 heterocycles. The summed E-state index contributed by atoms with van der Waals surface area (Å²) in [5.41, 5.74) is -0.138. The molecule has 0 radical (unpaired) electrons. The highest BCUT2D eigenvalue weighted by Gasteiger charge is 2.31. The Balaban J connectivity index is 2.83. The lowest BCUT2D eigenvalue weighted by atomic mass is 10.00. The topological polar surface area (TPSA) is 50.2 Å². The number of carboxylic acids is 1. The highest BCUT2D eigenvalue weighted by molar-refractivity contribution is 5.99. The van der Waals surface area contributed by atoms with Gasteiger partial charge in [0.25, 0.3) is 0 Å². The molecule has 0 saturated carbocycles. The van der Waals surface area contributed by atoms with Crippen molar-refractivity contribution < 1.29 is 23.1 Å². The summed E-state index contributed by atoms with van der Waals surface area (Å²) in [6, 6.07) is 3.12. The molecule has 0 aliphatic carbocycles. The number of rotatable bonds is 2. The van der Waals surface area contributed by atoms with Crippen molar-refractivity contribution in [1.29, 1.82) is 0 Å². The second-order valence-corrected chi connectivity index (χ2v) is 4.53. The summed E-state index contributed by atoms with van der Waals surface area (Å²) in [4.78, 5) is 15.4. The average molecular weight is 295 g/mol. The Bertz CT molecular complexity index is 749. The van der Waals surface area contributed by atoms with Crippen molar-refractivity contribution in [3.8, 4) is 0 Å². The lowest BCUT2D eigenvalue weighted by Gasteiger charge is -2.12. The number of aromatic nitrogens is 1. The fraction of sp³-hybridized carbons (Fsp3) is 0.200. The third-order valence-corrected chi connectivity index (χ3v) is 3.14. The number of alkyl halides is 3. The molecular weight excluding hydrogens is 283 g/mol. The standard InChI is InChI=1S/C15H12F3NO2/c1-3-4-11-13(14(20)21)8(2)10-6-5-9(15(16,17)18)7-12(10)19-11/h3-7H,1-2H3,(H,20,21). The molecule has 0 aliphatic heterocycles. The van der Waals surface area contributed by atoms with Crippen molar-refractivity contribution in [2.45, 2.75) is 20.0 Å². The van der Waals surface area contributed by atoms with E-state index in [0.717, 1.165) is 12.1 Å². The van der Waals surface area contributed by atoms with Crippen LogP contribution in [0.25, 0.3) is 17.0 Å². The first-order valence-corrected chi connectivity index (χ1v) is 6.13. The molecule has 0 saturated heterocycles. The minimum atomic E-state index is -4.46. The number of hydrogen-bond donors (Lipinski definition) is 1. The fourth-order valence-corrected chi connectivity index (χ4v) is 2.18. The third-order valence-electron chi connectivity index (χ3n) is 3.14. The molecule has 110 valence electrons. The van der Waals surface area contributed by atoms with Crippen LogP contribution in [0.1, 0.15) is 34.1 Å². The number of benzene rings is 1. The zero-order chi connectivity index (χ0) is 15.8. The quantitative estimate of drug-likeness (QED) is 0.899. The molecule has 21 heavy (non-hydrogen) atoms. The molecule has 6 heteroatoms. The molecule has 0 fully saturated rings. The zero-order valence-corrected chi connectivity index (χ0v) is 11.3. The van der Waals surface area contributed by atoms with Crippen LogP contribution in [0.15, 0.2) is 24.3 Å². The summed E-state index contributed by atoms with van der Waals surface area (Å²) in [5.74, 6) is -1.16. The van der Waals surface area contributed by atoms with Gasteiger partial charge in [-0.2, -0.15) is 13.2 Å². The Morgan fingerprint density at radius 2 is 2.00 bits per heavy atom. The fourth-order valence-electron chi connectivity index (χ4n) is 2.18. The predicted molar refractivity (Wildman–Crippen MR) is 73.1 cm³/mol. The van der Waals surface area contributed by atoms with Gasteiger partial charge in [0.05, 0.1) is 22.3 Å². The third kappa shape index (κ3) is 2.74. The van der Waals surface area contributed by atoms with Crippen LogP contribution in [0.3, 0.4) is 0 Å². The van der Waals surface area contributed by atoms with Crippen LogP contribution in [-0.2, 0) is 6.18 Å². The normalized spacial score (nSPS) is 12.2. The maximum Gasteiger partial charge on any atom is 0.416 e. The van der Waals surface area contributed by atoms with Crippen molar-refractivity contribution in [2.75, 3.05) is 0 Å². The zero-order valence-electron chi connectivity index (χ0n) is 11.3. The highest BCUT2D eigenvalue weighted by Crippen LogP contribution is 2.32. The molecule has 0 bridgehead atoms. The van der Waals surface area contributed by atoms with Gasteiger partial charge in [-0.05, 0) is 37.6 Å². The van der Waals surface area contributed by atoms with Gasteiger partial charge >= 0.3 is 12.1 Å². The van der Waals surface area contributed by atoms with Gasteiger partial charge in [0.15, 0.2) is 0 Å². The van der Waals surface area contributed by atoms with Crippen LogP contribution >= 0.6 is 0 Å².